The Morgan fingerprint density at radius 1 is 1.00 bits per heavy atom. The third kappa shape index (κ3) is 14.3. The number of Topliss-reactive ketones (excluding diaryl/α,β-unsaturated/α-hetero) is 1. The van der Waals surface area contributed by atoms with Crippen LogP contribution >= 0.6 is 0 Å². The van der Waals surface area contributed by atoms with Crippen molar-refractivity contribution in [1.29, 1.82) is 0 Å². The Kier molecular flexibility index (Phi) is 16.6. The SMILES string of the molecule is CC(C)[C@H](NC(=O)CCCCCN=[N+]=[N-])C(=O)CC(CCCNC(N)=O)C(=O)Nc1ccc(COC(=O)c2ccc([N+](=O)[O-])cc2)cc1. The lowest BCUT2D eigenvalue weighted by atomic mass is 9.89. The van der Waals surface area contributed by atoms with Crippen LogP contribution in [0.1, 0.15) is 74.7 Å². The maximum atomic E-state index is 13.4. The van der Waals surface area contributed by atoms with Crippen molar-refractivity contribution < 1.29 is 33.6 Å². The highest BCUT2D eigenvalue weighted by Crippen LogP contribution is 2.20. The third-order valence-electron chi connectivity index (χ3n) is 7.31. The first-order valence-corrected chi connectivity index (χ1v) is 15.6. The predicted octanol–water partition coefficient (Wildman–Crippen LogP) is 4.93. The molecule has 0 fully saturated rings. The van der Waals surface area contributed by atoms with E-state index in [0.29, 0.717) is 43.5 Å². The highest BCUT2D eigenvalue weighted by molar-refractivity contribution is 5.97. The molecule has 1 unspecified atom stereocenters. The zero-order chi connectivity index (χ0) is 35.5. The van der Waals surface area contributed by atoms with E-state index in [1.165, 1.54) is 24.3 Å². The van der Waals surface area contributed by atoms with Gasteiger partial charge in [0.15, 0.2) is 5.78 Å². The molecular weight excluding hydrogens is 624 g/mol. The number of azide groups is 1. The average Bonchev–Trinajstić information content (AvgIpc) is 3.05. The number of rotatable bonds is 21. The van der Waals surface area contributed by atoms with Gasteiger partial charge in [0.25, 0.3) is 5.69 Å². The molecule has 16 nitrogen and oxygen atoms in total. The van der Waals surface area contributed by atoms with E-state index in [1.807, 2.05) is 0 Å². The lowest BCUT2D eigenvalue weighted by molar-refractivity contribution is -0.384. The van der Waals surface area contributed by atoms with Crippen LogP contribution in [0.2, 0.25) is 0 Å². The summed E-state index contributed by atoms with van der Waals surface area (Å²) < 4.78 is 5.28. The van der Waals surface area contributed by atoms with Crippen molar-refractivity contribution in [2.75, 3.05) is 18.4 Å². The van der Waals surface area contributed by atoms with Crippen LogP contribution in [0.25, 0.3) is 10.4 Å². The second-order valence-corrected chi connectivity index (χ2v) is 11.4. The molecule has 0 aliphatic carbocycles. The van der Waals surface area contributed by atoms with E-state index in [0.717, 1.165) is 0 Å². The zero-order valence-corrected chi connectivity index (χ0v) is 27.1. The van der Waals surface area contributed by atoms with Gasteiger partial charge in [0, 0.05) is 54.6 Å². The predicted molar refractivity (Wildman–Crippen MR) is 176 cm³/mol. The summed E-state index contributed by atoms with van der Waals surface area (Å²) in [6.07, 6.45) is 2.63. The lowest BCUT2D eigenvalue weighted by Gasteiger charge is -2.24. The van der Waals surface area contributed by atoms with E-state index in [4.69, 9.17) is 16.0 Å². The van der Waals surface area contributed by atoms with Crippen LogP contribution in [-0.4, -0.2) is 53.7 Å². The number of anilines is 1. The van der Waals surface area contributed by atoms with Crippen molar-refractivity contribution >= 4 is 41.0 Å². The van der Waals surface area contributed by atoms with Gasteiger partial charge in [-0.05, 0) is 67.0 Å². The fourth-order valence-corrected chi connectivity index (χ4v) is 4.69. The number of carbonyl (C=O) groups excluding carboxylic acids is 5. The van der Waals surface area contributed by atoms with Crippen LogP contribution < -0.4 is 21.7 Å². The molecule has 0 aromatic heterocycles. The van der Waals surface area contributed by atoms with Gasteiger partial charge in [-0.3, -0.25) is 24.5 Å². The minimum Gasteiger partial charge on any atom is -0.457 e. The molecule has 16 heteroatoms. The molecule has 2 aromatic rings. The molecule has 0 heterocycles. The summed E-state index contributed by atoms with van der Waals surface area (Å²) >= 11 is 0. The minimum absolute atomic E-state index is 0.0773. The molecule has 4 amide bonds. The number of urea groups is 1. The van der Waals surface area contributed by atoms with Gasteiger partial charge >= 0.3 is 12.0 Å². The number of hydrogen-bond acceptors (Lipinski definition) is 9. The van der Waals surface area contributed by atoms with Crippen LogP contribution in [0.5, 0.6) is 0 Å². The summed E-state index contributed by atoms with van der Waals surface area (Å²) in [5.41, 5.74) is 14.6. The molecule has 258 valence electrons. The van der Waals surface area contributed by atoms with Crippen molar-refractivity contribution in [1.82, 2.24) is 10.6 Å². The van der Waals surface area contributed by atoms with E-state index in [1.54, 1.807) is 38.1 Å². The number of nitrogens with zero attached hydrogens (tertiary/aromatic N) is 4. The number of nitrogens with one attached hydrogen (secondary N) is 3. The molecule has 2 atom stereocenters. The Labute approximate surface area is 277 Å². The number of non-ortho nitro benzene ring substituents is 1. The van der Waals surface area contributed by atoms with Crippen molar-refractivity contribution in [3.05, 3.63) is 80.2 Å². The van der Waals surface area contributed by atoms with Crippen LogP contribution in [0.3, 0.4) is 0 Å². The maximum absolute atomic E-state index is 13.4. The summed E-state index contributed by atoms with van der Waals surface area (Å²) in [6, 6.07) is 10.1. The van der Waals surface area contributed by atoms with Crippen molar-refractivity contribution in [2.45, 2.75) is 71.4 Å². The summed E-state index contributed by atoms with van der Waals surface area (Å²) in [6.45, 7) is 4.10. The Balaban J connectivity index is 2.00. The molecular formula is C32H42N8O8. The van der Waals surface area contributed by atoms with Gasteiger partial charge in [-0.1, -0.05) is 37.5 Å². The van der Waals surface area contributed by atoms with Crippen LogP contribution in [0, 0.1) is 22.0 Å². The van der Waals surface area contributed by atoms with Crippen molar-refractivity contribution in [3.63, 3.8) is 0 Å². The molecule has 0 aliphatic rings. The van der Waals surface area contributed by atoms with E-state index in [9.17, 15) is 34.1 Å². The van der Waals surface area contributed by atoms with Crippen LogP contribution in [0.15, 0.2) is 53.6 Å². The Bertz CT molecular complexity index is 1460. The summed E-state index contributed by atoms with van der Waals surface area (Å²) in [7, 11) is 0. The highest BCUT2D eigenvalue weighted by Gasteiger charge is 2.29. The van der Waals surface area contributed by atoms with Gasteiger partial charge in [0.1, 0.15) is 6.61 Å². The van der Waals surface area contributed by atoms with Gasteiger partial charge in [-0.15, -0.1) is 0 Å². The fourth-order valence-electron chi connectivity index (χ4n) is 4.69. The molecule has 2 rings (SSSR count). The normalized spacial score (nSPS) is 11.8. The second kappa shape index (κ2) is 20.6. The van der Waals surface area contributed by atoms with Gasteiger partial charge in [-0.25, -0.2) is 9.59 Å². The van der Waals surface area contributed by atoms with E-state index >= 15 is 0 Å². The van der Waals surface area contributed by atoms with E-state index < -0.39 is 34.8 Å². The summed E-state index contributed by atoms with van der Waals surface area (Å²) in [5, 5.41) is 22.3. The molecule has 0 aliphatic heterocycles. The number of ether oxygens (including phenoxy) is 1. The smallest absolute Gasteiger partial charge is 0.338 e. The number of esters is 1. The maximum Gasteiger partial charge on any atom is 0.338 e. The summed E-state index contributed by atoms with van der Waals surface area (Å²) in [4.78, 5) is 75.7. The Morgan fingerprint density at radius 3 is 2.29 bits per heavy atom. The van der Waals surface area contributed by atoms with Crippen molar-refractivity contribution in [3.8, 4) is 0 Å². The second-order valence-electron chi connectivity index (χ2n) is 11.4. The minimum atomic E-state index is -0.798. The molecule has 2 aromatic carbocycles. The first-order chi connectivity index (χ1) is 22.9. The third-order valence-corrected chi connectivity index (χ3v) is 7.31. The topological polar surface area (TPSA) is 249 Å². The number of nitro benzene ring substituents is 1. The standard InChI is InChI=1S/C32H42N8O8/c1-21(2)29(38-28(42)8-4-3-5-18-36-39-34)27(41)19-24(7-6-17-35-32(33)45)30(43)37-25-13-9-22(10-14-25)20-48-31(44)23-11-15-26(16-12-23)40(46)47/h9-16,21,24,29H,3-8,17-20H2,1-2H3,(H,37,43)(H,38,42)(H3,33,35,45)/t24?,29-/m0/s1. The quantitative estimate of drug-likeness (QED) is 0.0270. The Hall–Kier alpha value is -5.50. The number of benzene rings is 2. The lowest BCUT2D eigenvalue weighted by Crippen LogP contribution is -2.45. The van der Waals surface area contributed by atoms with Gasteiger partial charge in [0.05, 0.1) is 16.5 Å². The number of carbonyl (C=O) groups is 5. The first kappa shape index (κ1) is 38.7. The molecule has 48 heavy (non-hydrogen) atoms. The number of primary amides is 1. The average molecular weight is 667 g/mol. The molecule has 0 bridgehead atoms. The molecule has 0 saturated heterocycles. The Morgan fingerprint density at radius 2 is 1.69 bits per heavy atom. The molecule has 0 radical (unpaired) electrons. The number of nitrogens with two attached hydrogens (primary N) is 1. The first-order valence-electron chi connectivity index (χ1n) is 15.6. The number of unbranched alkanes of at least 4 members (excludes halogenated alkanes) is 2. The highest BCUT2D eigenvalue weighted by atomic mass is 16.6. The van der Waals surface area contributed by atoms with Gasteiger partial charge in [-0.2, -0.15) is 0 Å². The monoisotopic (exact) mass is 666 g/mol. The number of ketones is 1. The molecule has 0 spiro atoms. The van der Waals surface area contributed by atoms with Gasteiger partial charge < -0.3 is 26.4 Å². The van der Waals surface area contributed by atoms with E-state index in [-0.39, 0.29) is 61.3 Å². The number of amides is 4. The number of nitro groups is 1. The molecule has 0 saturated carbocycles. The van der Waals surface area contributed by atoms with E-state index in [2.05, 4.69) is 26.0 Å². The molecule has 5 N–H and O–H groups in total. The van der Waals surface area contributed by atoms with Gasteiger partial charge in [0.2, 0.25) is 11.8 Å². The zero-order valence-electron chi connectivity index (χ0n) is 27.1. The van der Waals surface area contributed by atoms with Crippen LogP contribution in [0.4, 0.5) is 16.2 Å². The summed E-state index contributed by atoms with van der Waals surface area (Å²) in [5.74, 6) is -2.65. The largest absolute Gasteiger partial charge is 0.457 e. The number of hydrogen-bond donors (Lipinski definition) is 4. The fraction of sp³-hybridized carbons (Fsp3) is 0.469. The van der Waals surface area contributed by atoms with Crippen LogP contribution in [-0.2, 0) is 25.7 Å². The van der Waals surface area contributed by atoms with Crippen molar-refractivity contribution in [2.24, 2.45) is 22.7 Å².